The zero-order valence-corrected chi connectivity index (χ0v) is 17.9. The van der Waals surface area contributed by atoms with E-state index in [0.29, 0.717) is 13.1 Å². The molecule has 4 nitrogen and oxygen atoms in total. The third-order valence-electron chi connectivity index (χ3n) is 5.30. The van der Waals surface area contributed by atoms with Gasteiger partial charge in [0.1, 0.15) is 5.01 Å². The molecule has 3 aromatic rings. The summed E-state index contributed by atoms with van der Waals surface area (Å²) in [7, 11) is 1.90. The fourth-order valence-electron chi connectivity index (χ4n) is 3.72. The maximum atomic E-state index is 12.8. The number of benzene rings is 2. The van der Waals surface area contributed by atoms with Gasteiger partial charge in [0.25, 0.3) is 0 Å². The molecule has 0 aliphatic carbocycles. The van der Waals surface area contributed by atoms with Crippen LogP contribution in [0.25, 0.3) is 10.2 Å². The lowest BCUT2D eigenvalue weighted by Gasteiger charge is -2.25. The molecule has 0 spiro atoms. The van der Waals surface area contributed by atoms with E-state index in [1.54, 1.807) is 23.1 Å². The molecular formula is C22H25N3OS2. The van der Waals surface area contributed by atoms with E-state index in [1.807, 2.05) is 18.0 Å². The highest BCUT2D eigenvalue weighted by Gasteiger charge is 2.30. The number of aromatic nitrogens is 1. The van der Waals surface area contributed by atoms with Crippen molar-refractivity contribution in [1.82, 2.24) is 14.8 Å². The van der Waals surface area contributed by atoms with Crippen molar-refractivity contribution in [2.45, 2.75) is 30.3 Å². The highest BCUT2D eigenvalue weighted by Crippen LogP contribution is 2.36. The maximum absolute atomic E-state index is 12.8. The fourth-order valence-corrected chi connectivity index (χ4v) is 5.26. The normalized spacial score (nSPS) is 17.3. The minimum atomic E-state index is 0.168. The number of likely N-dealkylation sites (N-methyl/N-ethyl adjacent to an activating group) is 1. The van der Waals surface area contributed by atoms with E-state index >= 15 is 0 Å². The lowest BCUT2D eigenvalue weighted by atomic mass is 10.2. The summed E-state index contributed by atoms with van der Waals surface area (Å²) < 4.78 is 1.22. The highest BCUT2D eigenvalue weighted by atomic mass is 32.2. The summed E-state index contributed by atoms with van der Waals surface area (Å²) in [6.07, 6.45) is 4.27. The summed E-state index contributed by atoms with van der Waals surface area (Å²) in [6.45, 7) is 2.07. The van der Waals surface area contributed by atoms with Gasteiger partial charge in [-0.2, -0.15) is 0 Å². The molecule has 1 amide bonds. The summed E-state index contributed by atoms with van der Waals surface area (Å²) in [5.41, 5.74) is 2.23. The standard InChI is InChI=1S/C22H25N3OS2/c1-24(14-16-9-11-17(27-2)12-10-16)21(26)15-25-13-5-7-19(25)22-23-18-6-3-4-8-20(18)28-22/h3-4,6,8-12,19H,5,7,13-15H2,1-2H3/t19-/m1/s1. The molecular weight excluding hydrogens is 386 g/mol. The number of fused-ring (bicyclic) bond motifs is 1. The first-order valence-corrected chi connectivity index (χ1v) is 11.6. The topological polar surface area (TPSA) is 36.4 Å². The number of para-hydroxylation sites is 1. The Morgan fingerprint density at radius 1 is 1.25 bits per heavy atom. The zero-order valence-electron chi connectivity index (χ0n) is 16.3. The molecule has 2 heterocycles. The van der Waals surface area contributed by atoms with Crippen LogP contribution >= 0.6 is 23.1 Å². The van der Waals surface area contributed by atoms with Gasteiger partial charge in [0.05, 0.1) is 22.8 Å². The van der Waals surface area contributed by atoms with Gasteiger partial charge >= 0.3 is 0 Å². The molecule has 6 heteroatoms. The second-order valence-corrected chi connectivity index (χ2v) is 9.19. The number of thioether (sulfide) groups is 1. The van der Waals surface area contributed by atoms with E-state index in [0.717, 1.165) is 35.5 Å². The van der Waals surface area contributed by atoms with Crippen molar-refractivity contribution >= 4 is 39.2 Å². The van der Waals surface area contributed by atoms with Crippen LogP contribution < -0.4 is 0 Å². The minimum Gasteiger partial charge on any atom is -0.340 e. The molecule has 1 aliphatic heterocycles. The first-order valence-electron chi connectivity index (χ1n) is 9.60. The number of carbonyl (C=O) groups excluding carboxylic acids is 1. The van der Waals surface area contributed by atoms with Crippen LogP contribution in [0.4, 0.5) is 0 Å². The summed E-state index contributed by atoms with van der Waals surface area (Å²) in [6, 6.07) is 17.0. The van der Waals surface area contributed by atoms with Crippen LogP contribution in [-0.2, 0) is 11.3 Å². The summed E-state index contributed by atoms with van der Waals surface area (Å²) >= 11 is 3.49. The summed E-state index contributed by atoms with van der Waals surface area (Å²) in [5, 5.41) is 1.14. The Balaban J connectivity index is 1.40. The Morgan fingerprint density at radius 3 is 2.79 bits per heavy atom. The smallest absolute Gasteiger partial charge is 0.236 e. The monoisotopic (exact) mass is 411 g/mol. The van der Waals surface area contributed by atoms with Gasteiger partial charge in [-0.15, -0.1) is 23.1 Å². The van der Waals surface area contributed by atoms with Crippen LogP contribution in [0.15, 0.2) is 53.4 Å². The number of hydrogen-bond donors (Lipinski definition) is 0. The van der Waals surface area contributed by atoms with Crippen LogP contribution in [0, 0.1) is 0 Å². The summed E-state index contributed by atoms with van der Waals surface area (Å²) in [5.74, 6) is 0.168. The predicted octanol–water partition coefficient (Wildman–Crippen LogP) is 4.81. The highest BCUT2D eigenvalue weighted by molar-refractivity contribution is 7.98. The lowest BCUT2D eigenvalue weighted by molar-refractivity contribution is -0.131. The van der Waals surface area contributed by atoms with Crippen LogP contribution in [0.1, 0.15) is 29.5 Å². The van der Waals surface area contributed by atoms with Crippen LogP contribution in [0.5, 0.6) is 0 Å². The molecule has 0 radical (unpaired) electrons. The van der Waals surface area contributed by atoms with E-state index < -0.39 is 0 Å². The maximum Gasteiger partial charge on any atom is 0.236 e. The molecule has 1 fully saturated rings. The van der Waals surface area contributed by atoms with E-state index in [2.05, 4.69) is 53.6 Å². The van der Waals surface area contributed by atoms with Crippen molar-refractivity contribution in [2.24, 2.45) is 0 Å². The van der Waals surface area contributed by atoms with Gasteiger partial charge in [-0.25, -0.2) is 4.98 Å². The van der Waals surface area contributed by atoms with Crippen molar-refractivity contribution in [3.8, 4) is 0 Å². The van der Waals surface area contributed by atoms with Crippen molar-refractivity contribution in [3.63, 3.8) is 0 Å². The Bertz CT molecular complexity index is 921. The number of nitrogens with zero attached hydrogens (tertiary/aromatic N) is 3. The van der Waals surface area contributed by atoms with Crippen molar-refractivity contribution in [2.75, 3.05) is 26.4 Å². The van der Waals surface area contributed by atoms with Crippen molar-refractivity contribution in [1.29, 1.82) is 0 Å². The van der Waals surface area contributed by atoms with Gasteiger partial charge in [0, 0.05) is 18.5 Å². The number of thiazole rings is 1. The SMILES string of the molecule is CSc1ccc(CN(C)C(=O)CN2CCC[C@@H]2c2nc3ccccc3s2)cc1. The molecule has 0 N–H and O–H groups in total. The Kier molecular flexibility index (Phi) is 5.99. The van der Waals surface area contributed by atoms with Gasteiger partial charge in [0.15, 0.2) is 0 Å². The van der Waals surface area contributed by atoms with Gasteiger partial charge < -0.3 is 4.90 Å². The van der Waals surface area contributed by atoms with Gasteiger partial charge in [0.2, 0.25) is 5.91 Å². The Morgan fingerprint density at radius 2 is 2.04 bits per heavy atom. The molecule has 0 saturated carbocycles. The number of hydrogen-bond acceptors (Lipinski definition) is 5. The Hall–Kier alpha value is -1.89. The Labute approximate surface area is 174 Å². The number of amides is 1. The number of rotatable bonds is 6. The van der Waals surface area contributed by atoms with E-state index in [9.17, 15) is 4.79 Å². The summed E-state index contributed by atoms with van der Waals surface area (Å²) in [4.78, 5) is 23.0. The van der Waals surface area contributed by atoms with E-state index in [-0.39, 0.29) is 11.9 Å². The molecule has 2 aromatic carbocycles. The fraction of sp³-hybridized carbons (Fsp3) is 0.364. The average molecular weight is 412 g/mol. The third kappa shape index (κ3) is 4.24. The first-order chi connectivity index (χ1) is 13.6. The van der Waals surface area contributed by atoms with Crippen molar-refractivity contribution < 1.29 is 4.79 Å². The van der Waals surface area contributed by atoms with Crippen LogP contribution in [-0.4, -0.2) is 47.1 Å². The third-order valence-corrected chi connectivity index (χ3v) is 7.18. The molecule has 1 aromatic heterocycles. The van der Waals surface area contributed by atoms with Gasteiger partial charge in [-0.05, 0) is 55.5 Å². The van der Waals surface area contributed by atoms with Crippen molar-refractivity contribution in [3.05, 3.63) is 59.1 Å². The molecule has 0 bridgehead atoms. The van der Waals surface area contributed by atoms with Gasteiger partial charge in [-0.3, -0.25) is 9.69 Å². The molecule has 28 heavy (non-hydrogen) atoms. The number of likely N-dealkylation sites (tertiary alicyclic amines) is 1. The molecule has 1 saturated heterocycles. The van der Waals surface area contributed by atoms with Gasteiger partial charge in [-0.1, -0.05) is 24.3 Å². The average Bonchev–Trinajstić information content (AvgIpc) is 3.34. The number of carbonyl (C=O) groups is 1. The molecule has 4 rings (SSSR count). The van der Waals surface area contributed by atoms with E-state index in [1.165, 1.54) is 9.60 Å². The first kappa shape index (κ1) is 19.4. The minimum absolute atomic E-state index is 0.168. The lowest BCUT2D eigenvalue weighted by Crippen LogP contribution is -2.37. The quantitative estimate of drug-likeness (QED) is 0.545. The second-order valence-electron chi connectivity index (χ2n) is 7.25. The van der Waals surface area contributed by atoms with Crippen LogP contribution in [0.3, 0.4) is 0 Å². The van der Waals surface area contributed by atoms with E-state index in [4.69, 9.17) is 4.98 Å². The molecule has 1 aliphatic rings. The zero-order chi connectivity index (χ0) is 19.5. The molecule has 0 unspecified atom stereocenters. The molecule has 146 valence electrons. The second kappa shape index (κ2) is 8.64. The predicted molar refractivity (Wildman–Crippen MR) is 118 cm³/mol. The molecule has 1 atom stereocenters. The van der Waals surface area contributed by atoms with Crippen LogP contribution in [0.2, 0.25) is 0 Å². The largest absolute Gasteiger partial charge is 0.340 e.